The third-order valence-corrected chi connectivity index (χ3v) is 4.80. The molecule has 116 valence electrons. The van der Waals surface area contributed by atoms with Crippen molar-refractivity contribution in [3.05, 3.63) is 29.8 Å². The molecule has 0 amide bonds. The average Bonchev–Trinajstić information content (AvgIpc) is 3.40. The molecule has 0 aliphatic heterocycles. The summed E-state index contributed by atoms with van der Waals surface area (Å²) in [5, 5.41) is 3.66. The van der Waals surface area contributed by atoms with Gasteiger partial charge in [0.1, 0.15) is 0 Å². The lowest BCUT2D eigenvalue weighted by atomic mass is 10.0. The van der Waals surface area contributed by atoms with Crippen molar-refractivity contribution in [2.45, 2.75) is 52.0 Å². The first kappa shape index (κ1) is 14.9. The van der Waals surface area contributed by atoms with E-state index in [1.807, 2.05) is 0 Å². The minimum absolute atomic E-state index is 0.446. The Balaban J connectivity index is 1.76. The monoisotopic (exact) mass is 286 g/mol. The van der Waals surface area contributed by atoms with Gasteiger partial charge in [0.2, 0.25) is 0 Å². The lowest BCUT2D eigenvalue weighted by Gasteiger charge is -2.29. The number of nitrogens with zero attached hydrogens (tertiary/aromatic N) is 1. The molecule has 1 unspecified atom stereocenters. The van der Waals surface area contributed by atoms with Gasteiger partial charge < -0.3 is 10.2 Å². The highest BCUT2D eigenvalue weighted by Gasteiger charge is 2.30. The Labute approximate surface area is 129 Å². The molecule has 1 aromatic carbocycles. The Morgan fingerprint density at radius 2 is 1.71 bits per heavy atom. The number of hydrogen-bond acceptors (Lipinski definition) is 2. The minimum atomic E-state index is 0.446. The SMILES string of the molecule is CCCNC(C)c1ccccc1N(CC1CC1)CC1CC1. The Morgan fingerprint density at radius 3 is 2.29 bits per heavy atom. The van der Waals surface area contributed by atoms with Crippen LogP contribution >= 0.6 is 0 Å². The van der Waals surface area contributed by atoms with Gasteiger partial charge in [0.05, 0.1) is 0 Å². The maximum Gasteiger partial charge on any atom is 0.0414 e. The number of nitrogens with one attached hydrogen (secondary N) is 1. The Hall–Kier alpha value is -1.02. The van der Waals surface area contributed by atoms with Crippen LogP contribution in [0.2, 0.25) is 0 Å². The van der Waals surface area contributed by atoms with Crippen molar-refractivity contribution >= 4 is 5.69 Å². The maximum atomic E-state index is 3.66. The third-order valence-electron chi connectivity index (χ3n) is 4.80. The summed E-state index contributed by atoms with van der Waals surface area (Å²) in [5.74, 6) is 1.91. The third kappa shape index (κ3) is 4.23. The topological polar surface area (TPSA) is 15.3 Å². The Morgan fingerprint density at radius 1 is 1.10 bits per heavy atom. The van der Waals surface area contributed by atoms with Crippen molar-refractivity contribution in [2.24, 2.45) is 11.8 Å². The van der Waals surface area contributed by atoms with E-state index in [2.05, 4.69) is 48.3 Å². The second-order valence-corrected chi connectivity index (χ2v) is 7.03. The zero-order valence-electron chi connectivity index (χ0n) is 13.6. The van der Waals surface area contributed by atoms with Crippen LogP contribution in [0.5, 0.6) is 0 Å². The van der Waals surface area contributed by atoms with Crippen molar-refractivity contribution in [1.82, 2.24) is 5.32 Å². The van der Waals surface area contributed by atoms with Gasteiger partial charge in [-0.15, -0.1) is 0 Å². The van der Waals surface area contributed by atoms with E-state index >= 15 is 0 Å². The van der Waals surface area contributed by atoms with E-state index in [-0.39, 0.29) is 0 Å². The van der Waals surface area contributed by atoms with Crippen LogP contribution in [0.4, 0.5) is 5.69 Å². The van der Waals surface area contributed by atoms with Gasteiger partial charge in [0.25, 0.3) is 0 Å². The van der Waals surface area contributed by atoms with Gasteiger partial charge in [-0.2, -0.15) is 0 Å². The van der Waals surface area contributed by atoms with E-state index in [0.29, 0.717) is 6.04 Å². The van der Waals surface area contributed by atoms with Crippen LogP contribution < -0.4 is 10.2 Å². The summed E-state index contributed by atoms with van der Waals surface area (Å²) < 4.78 is 0. The lowest BCUT2D eigenvalue weighted by Crippen LogP contribution is -2.30. The van der Waals surface area contributed by atoms with E-state index < -0.39 is 0 Å². The zero-order chi connectivity index (χ0) is 14.7. The quantitative estimate of drug-likeness (QED) is 0.725. The van der Waals surface area contributed by atoms with E-state index in [0.717, 1.165) is 18.4 Å². The number of hydrogen-bond donors (Lipinski definition) is 1. The molecule has 1 aromatic rings. The van der Waals surface area contributed by atoms with Crippen molar-refractivity contribution in [3.8, 4) is 0 Å². The smallest absolute Gasteiger partial charge is 0.0414 e. The first-order chi connectivity index (χ1) is 10.3. The molecule has 2 fully saturated rings. The highest BCUT2D eigenvalue weighted by atomic mass is 15.1. The predicted molar refractivity (Wildman–Crippen MR) is 90.8 cm³/mol. The van der Waals surface area contributed by atoms with E-state index in [9.17, 15) is 0 Å². The van der Waals surface area contributed by atoms with Crippen LogP contribution in [-0.4, -0.2) is 19.6 Å². The van der Waals surface area contributed by atoms with Gasteiger partial charge in [-0.3, -0.25) is 0 Å². The maximum absolute atomic E-state index is 3.66. The molecular formula is C19H30N2. The van der Waals surface area contributed by atoms with Gasteiger partial charge in [0.15, 0.2) is 0 Å². The summed E-state index contributed by atoms with van der Waals surface area (Å²) in [4.78, 5) is 2.69. The molecule has 1 atom stereocenters. The van der Waals surface area contributed by atoms with Crippen molar-refractivity contribution in [1.29, 1.82) is 0 Å². The van der Waals surface area contributed by atoms with Crippen LogP contribution in [0.15, 0.2) is 24.3 Å². The molecule has 2 aliphatic rings. The highest BCUT2D eigenvalue weighted by molar-refractivity contribution is 5.55. The molecular weight excluding hydrogens is 256 g/mol. The predicted octanol–water partition coefficient (Wildman–Crippen LogP) is 4.37. The van der Waals surface area contributed by atoms with E-state index in [1.54, 1.807) is 0 Å². The fourth-order valence-electron chi connectivity index (χ4n) is 3.11. The Kier molecular flexibility index (Phi) is 4.84. The normalized spacial score (nSPS) is 19.5. The van der Waals surface area contributed by atoms with Gasteiger partial charge in [-0.05, 0) is 69.0 Å². The molecule has 0 aromatic heterocycles. The van der Waals surface area contributed by atoms with Crippen molar-refractivity contribution < 1.29 is 0 Å². The van der Waals surface area contributed by atoms with Crippen LogP contribution in [0.25, 0.3) is 0 Å². The molecule has 2 heteroatoms. The van der Waals surface area contributed by atoms with Crippen molar-refractivity contribution in [3.63, 3.8) is 0 Å². The summed E-state index contributed by atoms with van der Waals surface area (Å²) in [5.41, 5.74) is 2.96. The van der Waals surface area contributed by atoms with Gasteiger partial charge in [-0.1, -0.05) is 25.1 Å². The minimum Gasteiger partial charge on any atom is -0.371 e. The molecule has 0 bridgehead atoms. The summed E-state index contributed by atoms with van der Waals surface area (Å²) in [6, 6.07) is 9.50. The fraction of sp³-hybridized carbons (Fsp3) is 0.684. The summed E-state index contributed by atoms with van der Waals surface area (Å²) in [7, 11) is 0. The second kappa shape index (κ2) is 6.83. The van der Waals surface area contributed by atoms with Crippen LogP contribution in [-0.2, 0) is 0 Å². The molecule has 0 heterocycles. The summed E-state index contributed by atoms with van der Waals surface area (Å²) in [6.07, 6.45) is 6.94. The van der Waals surface area contributed by atoms with Gasteiger partial charge >= 0.3 is 0 Å². The largest absolute Gasteiger partial charge is 0.371 e. The molecule has 2 saturated carbocycles. The molecule has 2 nitrogen and oxygen atoms in total. The first-order valence-corrected chi connectivity index (χ1v) is 8.85. The number of benzene rings is 1. The van der Waals surface area contributed by atoms with E-state index in [4.69, 9.17) is 0 Å². The lowest BCUT2D eigenvalue weighted by molar-refractivity contribution is 0.566. The first-order valence-electron chi connectivity index (χ1n) is 8.85. The fourth-order valence-corrected chi connectivity index (χ4v) is 3.11. The molecule has 3 rings (SSSR count). The number of para-hydroxylation sites is 1. The molecule has 21 heavy (non-hydrogen) atoms. The molecule has 0 spiro atoms. The van der Waals surface area contributed by atoms with Crippen LogP contribution in [0.3, 0.4) is 0 Å². The van der Waals surface area contributed by atoms with Crippen LogP contribution in [0, 0.1) is 11.8 Å². The summed E-state index contributed by atoms with van der Waals surface area (Å²) >= 11 is 0. The number of anilines is 1. The second-order valence-electron chi connectivity index (χ2n) is 7.03. The van der Waals surface area contributed by atoms with Crippen LogP contribution in [0.1, 0.15) is 57.6 Å². The Bertz CT molecular complexity index is 435. The molecule has 1 N–H and O–H groups in total. The van der Waals surface area contributed by atoms with Crippen molar-refractivity contribution in [2.75, 3.05) is 24.5 Å². The summed E-state index contributed by atoms with van der Waals surface area (Å²) in [6.45, 7) is 8.18. The molecule has 0 saturated heterocycles. The standard InChI is InChI=1S/C19H30N2/c1-3-12-20-15(2)18-6-4-5-7-19(18)21(13-16-8-9-16)14-17-10-11-17/h4-7,15-17,20H,3,8-14H2,1-2H3. The number of rotatable bonds is 9. The van der Waals surface area contributed by atoms with E-state index in [1.165, 1.54) is 56.4 Å². The average molecular weight is 286 g/mol. The molecule has 0 radical (unpaired) electrons. The van der Waals surface area contributed by atoms with Gasteiger partial charge in [0, 0.05) is 24.8 Å². The molecule has 2 aliphatic carbocycles. The highest BCUT2D eigenvalue weighted by Crippen LogP contribution is 2.37. The zero-order valence-corrected chi connectivity index (χ0v) is 13.6. The van der Waals surface area contributed by atoms with Gasteiger partial charge in [-0.25, -0.2) is 0 Å².